The zero-order chi connectivity index (χ0) is 14.6. The molecule has 124 valence electrons. The van der Waals surface area contributed by atoms with Crippen molar-refractivity contribution in [3.63, 3.8) is 0 Å². The van der Waals surface area contributed by atoms with Crippen LogP contribution in [0.3, 0.4) is 0 Å². The van der Waals surface area contributed by atoms with Gasteiger partial charge >= 0.3 is 0 Å². The summed E-state index contributed by atoms with van der Waals surface area (Å²) < 4.78 is 5.99. The van der Waals surface area contributed by atoms with Crippen LogP contribution in [0.5, 0.6) is 0 Å². The van der Waals surface area contributed by atoms with Crippen LogP contribution in [0, 0.1) is 11.3 Å². The smallest absolute Gasteiger partial charge is 0.188 e. The van der Waals surface area contributed by atoms with E-state index in [4.69, 9.17) is 10.5 Å². The number of ether oxygens (including phenoxy) is 1. The second-order valence-electron chi connectivity index (χ2n) is 7.41. The summed E-state index contributed by atoms with van der Waals surface area (Å²) in [5.41, 5.74) is 6.20. The fraction of sp³-hybridized carbons (Fsp3) is 0.938. The third-order valence-corrected chi connectivity index (χ3v) is 4.50. The Morgan fingerprint density at radius 1 is 1.19 bits per heavy atom. The second kappa shape index (κ2) is 8.56. The van der Waals surface area contributed by atoms with Gasteiger partial charge in [0, 0.05) is 25.1 Å². The Labute approximate surface area is 146 Å². The van der Waals surface area contributed by atoms with Gasteiger partial charge in [0.1, 0.15) is 0 Å². The molecule has 1 aliphatic heterocycles. The zero-order valence-electron chi connectivity index (χ0n) is 13.7. The van der Waals surface area contributed by atoms with Crippen LogP contribution < -0.4 is 11.1 Å². The van der Waals surface area contributed by atoms with Crippen molar-refractivity contribution in [3.05, 3.63) is 0 Å². The first-order chi connectivity index (χ1) is 9.47. The molecule has 4 nitrogen and oxygen atoms in total. The highest BCUT2D eigenvalue weighted by Crippen LogP contribution is 2.34. The van der Waals surface area contributed by atoms with Gasteiger partial charge in [-0.05, 0) is 31.1 Å². The summed E-state index contributed by atoms with van der Waals surface area (Å²) in [4.78, 5) is 4.58. The summed E-state index contributed by atoms with van der Waals surface area (Å²) in [7, 11) is 0. The molecular formula is C16H32IN3O. The van der Waals surface area contributed by atoms with Crippen molar-refractivity contribution in [2.45, 2.75) is 71.4 Å². The highest BCUT2D eigenvalue weighted by Gasteiger charge is 2.35. The lowest BCUT2D eigenvalue weighted by Gasteiger charge is -2.39. The topological polar surface area (TPSA) is 59.6 Å². The SMILES string of the molecule is CC(C)(C)C1OCCCC1CN=C(N)NC1CCCC1.I. The average molecular weight is 409 g/mol. The molecule has 2 rings (SSSR count). The Kier molecular flexibility index (Phi) is 7.74. The Morgan fingerprint density at radius 3 is 2.48 bits per heavy atom. The van der Waals surface area contributed by atoms with Crippen molar-refractivity contribution in [3.8, 4) is 0 Å². The maximum absolute atomic E-state index is 6.02. The van der Waals surface area contributed by atoms with E-state index in [-0.39, 0.29) is 29.4 Å². The maximum atomic E-state index is 6.02. The van der Waals surface area contributed by atoms with Crippen LogP contribution in [-0.4, -0.2) is 31.3 Å². The van der Waals surface area contributed by atoms with E-state index in [9.17, 15) is 0 Å². The molecule has 5 heteroatoms. The van der Waals surface area contributed by atoms with E-state index in [1.165, 1.54) is 32.1 Å². The fourth-order valence-corrected chi connectivity index (χ4v) is 3.53. The standard InChI is InChI=1S/C16H31N3O.HI/c1-16(2,3)14-12(7-6-10-20-14)11-18-15(17)19-13-8-4-5-9-13;/h12-14H,4-11H2,1-3H3,(H3,17,18,19);1H. The molecule has 1 aliphatic carbocycles. The third kappa shape index (κ3) is 5.93. The molecule has 0 aromatic carbocycles. The third-order valence-electron chi connectivity index (χ3n) is 4.50. The molecule has 0 spiro atoms. The number of nitrogens with two attached hydrogens (primary N) is 1. The molecule has 0 bridgehead atoms. The Hall–Kier alpha value is -0.0400. The first-order valence-corrected chi connectivity index (χ1v) is 8.15. The van der Waals surface area contributed by atoms with Gasteiger partial charge in [-0.1, -0.05) is 33.6 Å². The molecular weight excluding hydrogens is 377 g/mol. The van der Waals surface area contributed by atoms with Crippen molar-refractivity contribution >= 4 is 29.9 Å². The van der Waals surface area contributed by atoms with Crippen molar-refractivity contribution in [2.24, 2.45) is 22.1 Å². The molecule has 21 heavy (non-hydrogen) atoms. The van der Waals surface area contributed by atoms with Gasteiger partial charge in [-0.15, -0.1) is 24.0 Å². The lowest BCUT2D eigenvalue weighted by molar-refractivity contribution is -0.0823. The van der Waals surface area contributed by atoms with E-state index in [2.05, 4.69) is 31.1 Å². The number of nitrogens with one attached hydrogen (secondary N) is 1. The molecule has 2 aliphatic rings. The molecule has 0 aromatic heterocycles. The Balaban J connectivity index is 0.00000220. The molecule has 1 saturated heterocycles. The lowest BCUT2D eigenvalue weighted by Crippen LogP contribution is -2.43. The normalized spacial score (nSPS) is 28.2. The van der Waals surface area contributed by atoms with Crippen LogP contribution in [0.4, 0.5) is 0 Å². The maximum Gasteiger partial charge on any atom is 0.188 e. The Morgan fingerprint density at radius 2 is 1.86 bits per heavy atom. The van der Waals surface area contributed by atoms with Gasteiger partial charge in [0.25, 0.3) is 0 Å². The zero-order valence-corrected chi connectivity index (χ0v) is 16.1. The highest BCUT2D eigenvalue weighted by molar-refractivity contribution is 14.0. The van der Waals surface area contributed by atoms with Crippen LogP contribution in [0.1, 0.15) is 59.3 Å². The summed E-state index contributed by atoms with van der Waals surface area (Å²) in [6, 6.07) is 0.541. The number of aliphatic imine (C=N–C) groups is 1. The molecule has 1 saturated carbocycles. The molecule has 0 radical (unpaired) electrons. The Bertz CT molecular complexity index is 335. The fourth-order valence-electron chi connectivity index (χ4n) is 3.53. The number of rotatable bonds is 3. The molecule has 3 N–H and O–H groups in total. The summed E-state index contributed by atoms with van der Waals surface area (Å²) in [5.74, 6) is 1.11. The molecule has 2 unspecified atom stereocenters. The molecule has 0 aromatic rings. The summed E-state index contributed by atoms with van der Waals surface area (Å²) in [6.07, 6.45) is 7.71. The number of guanidine groups is 1. The second-order valence-corrected chi connectivity index (χ2v) is 7.41. The predicted molar refractivity (Wildman–Crippen MR) is 99.2 cm³/mol. The lowest BCUT2D eigenvalue weighted by atomic mass is 9.78. The van der Waals surface area contributed by atoms with Crippen LogP contribution in [0.25, 0.3) is 0 Å². The molecule has 0 amide bonds. The minimum absolute atomic E-state index is 0. The molecule has 2 atom stereocenters. The number of hydrogen-bond donors (Lipinski definition) is 2. The highest BCUT2D eigenvalue weighted by atomic mass is 127. The van der Waals surface area contributed by atoms with Crippen LogP contribution >= 0.6 is 24.0 Å². The number of halogens is 1. The van der Waals surface area contributed by atoms with E-state index < -0.39 is 0 Å². The summed E-state index contributed by atoms with van der Waals surface area (Å²) >= 11 is 0. The summed E-state index contributed by atoms with van der Waals surface area (Å²) in [6.45, 7) is 8.42. The van der Waals surface area contributed by atoms with Crippen molar-refractivity contribution in [2.75, 3.05) is 13.2 Å². The van der Waals surface area contributed by atoms with Crippen molar-refractivity contribution < 1.29 is 4.74 Å². The minimum atomic E-state index is 0. The van der Waals surface area contributed by atoms with Crippen LogP contribution in [0.15, 0.2) is 4.99 Å². The van der Waals surface area contributed by atoms with E-state index in [1.54, 1.807) is 0 Å². The van der Waals surface area contributed by atoms with Gasteiger partial charge in [0.15, 0.2) is 5.96 Å². The molecule has 1 heterocycles. The van der Waals surface area contributed by atoms with Crippen molar-refractivity contribution in [1.29, 1.82) is 0 Å². The summed E-state index contributed by atoms with van der Waals surface area (Å²) in [5, 5.41) is 3.36. The quantitative estimate of drug-likeness (QED) is 0.427. The predicted octanol–water partition coefficient (Wildman–Crippen LogP) is 3.29. The van der Waals surface area contributed by atoms with Crippen molar-refractivity contribution in [1.82, 2.24) is 5.32 Å². The van der Waals surface area contributed by atoms with Gasteiger partial charge in [-0.3, -0.25) is 4.99 Å². The first-order valence-electron chi connectivity index (χ1n) is 8.15. The minimum Gasteiger partial charge on any atom is -0.377 e. The van der Waals surface area contributed by atoms with E-state index >= 15 is 0 Å². The van der Waals surface area contributed by atoms with E-state index in [0.717, 1.165) is 19.6 Å². The van der Waals surface area contributed by atoms with Gasteiger partial charge in [0.2, 0.25) is 0 Å². The van der Waals surface area contributed by atoms with E-state index in [0.29, 0.717) is 24.0 Å². The van der Waals surface area contributed by atoms with Gasteiger partial charge < -0.3 is 15.8 Å². The largest absolute Gasteiger partial charge is 0.377 e. The molecule has 2 fully saturated rings. The monoisotopic (exact) mass is 409 g/mol. The van der Waals surface area contributed by atoms with E-state index in [1.807, 2.05) is 0 Å². The number of hydrogen-bond acceptors (Lipinski definition) is 2. The van der Waals surface area contributed by atoms with Crippen LogP contribution in [0.2, 0.25) is 0 Å². The number of nitrogens with zero attached hydrogens (tertiary/aromatic N) is 1. The van der Waals surface area contributed by atoms with Gasteiger partial charge in [-0.2, -0.15) is 0 Å². The van der Waals surface area contributed by atoms with Crippen LogP contribution in [-0.2, 0) is 4.74 Å². The van der Waals surface area contributed by atoms with Gasteiger partial charge in [0.05, 0.1) is 6.10 Å². The van der Waals surface area contributed by atoms with Gasteiger partial charge in [-0.25, -0.2) is 0 Å². The average Bonchev–Trinajstić information content (AvgIpc) is 2.88. The first kappa shape index (κ1) is 19.0.